The van der Waals surface area contributed by atoms with Crippen molar-refractivity contribution in [2.75, 3.05) is 13.7 Å². The largest absolute Gasteiger partial charge is 0.497 e. The van der Waals surface area contributed by atoms with E-state index >= 15 is 0 Å². The van der Waals surface area contributed by atoms with Crippen LogP contribution in [-0.4, -0.2) is 45.9 Å². The van der Waals surface area contributed by atoms with Crippen LogP contribution in [-0.2, 0) is 25.3 Å². The second-order valence-corrected chi connectivity index (χ2v) is 19.3. The van der Waals surface area contributed by atoms with Crippen LogP contribution in [0.15, 0.2) is 35.9 Å². The fraction of sp³-hybridized carbons (Fsp3) is 0.743. The van der Waals surface area contributed by atoms with Crippen LogP contribution in [0.1, 0.15) is 93.1 Å². The third-order valence-electron chi connectivity index (χ3n) is 10.3. The number of hydrogen-bond acceptors (Lipinski definition) is 5. The highest BCUT2D eigenvalue weighted by molar-refractivity contribution is 6.74. The fourth-order valence-electron chi connectivity index (χ4n) is 6.21. The summed E-state index contributed by atoms with van der Waals surface area (Å²) in [5.41, 5.74) is 1.56. The predicted molar refractivity (Wildman–Crippen MR) is 174 cm³/mol. The first kappa shape index (κ1) is 34.8. The lowest BCUT2D eigenvalue weighted by atomic mass is 9.75. The number of amides is 1. The molecule has 0 aromatic heterocycles. The zero-order valence-corrected chi connectivity index (χ0v) is 29.3. The zero-order chi connectivity index (χ0) is 31.3. The third kappa shape index (κ3) is 8.28. The van der Waals surface area contributed by atoms with Crippen LogP contribution in [0.4, 0.5) is 0 Å². The summed E-state index contributed by atoms with van der Waals surface area (Å²) in [6, 6.07) is 8.05. The molecule has 1 saturated heterocycles. The molecule has 1 aromatic rings. The zero-order valence-electron chi connectivity index (χ0n) is 28.3. The van der Waals surface area contributed by atoms with E-state index in [2.05, 4.69) is 92.0 Å². The summed E-state index contributed by atoms with van der Waals surface area (Å²) >= 11 is 0. The number of nitrogens with one attached hydrogen (secondary N) is 1. The minimum Gasteiger partial charge on any atom is -0.497 e. The molecule has 7 heteroatoms. The molecule has 7 atom stereocenters. The van der Waals surface area contributed by atoms with Crippen LogP contribution in [0.5, 0.6) is 5.75 Å². The quantitative estimate of drug-likeness (QED) is 0.140. The van der Waals surface area contributed by atoms with Crippen molar-refractivity contribution in [3.8, 4) is 5.75 Å². The molecular weight excluding hydrogens is 542 g/mol. The van der Waals surface area contributed by atoms with Crippen LogP contribution >= 0.6 is 0 Å². The van der Waals surface area contributed by atoms with E-state index in [0.717, 1.165) is 49.0 Å². The highest BCUT2D eigenvalue weighted by Crippen LogP contribution is 2.44. The van der Waals surface area contributed by atoms with Crippen molar-refractivity contribution in [3.63, 3.8) is 0 Å². The maximum absolute atomic E-state index is 13.0. The van der Waals surface area contributed by atoms with Gasteiger partial charge >= 0.3 is 0 Å². The molecule has 2 heterocycles. The molecule has 0 aliphatic carbocycles. The predicted octanol–water partition coefficient (Wildman–Crippen LogP) is 8.27. The Morgan fingerprint density at radius 3 is 2.43 bits per heavy atom. The summed E-state index contributed by atoms with van der Waals surface area (Å²) in [4.78, 5) is 13.0. The molecule has 0 unspecified atom stereocenters. The molecule has 1 N–H and O–H groups in total. The Labute approximate surface area is 257 Å². The molecule has 0 saturated carbocycles. The lowest BCUT2D eigenvalue weighted by Crippen LogP contribution is -2.64. The van der Waals surface area contributed by atoms with Crippen molar-refractivity contribution in [2.45, 2.75) is 130 Å². The highest BCUT2D eigenvalue weighted by Gasteiger charge is 2.51. The molecule has 0 radical (unpaired) electrons. The number of piperidine rings is 1. The summed E-state index contributed by atoms with van der Waals surface area (Å²) in [6.45, 7) is 23.9. The van der Waals surface area contributed by atoms with E-state index in [9.17, 15) is 4.79 Å². The number of benzene rings is 1. The molecule has 2 aliphatic heterocycles. The standard InChI is InChI=1S/C35H59NO5Si/c1-12-29-21-27(5)35(36-33(29)37)26(4)20-25(3)31(40-35)22-32(41-42(10,11)34(6,7)8)24(2)14-13-19-39-23-28-15-17-30(38-9)18-16-28/h15-18,20,24-25,27,29,31-32H,12-14,19,21-23H2,1-11H3,(H,36,37)/t24-,25+,27-,29-,31-,32-,35-/m0/s1. The first-order valence-electron chi connectivity index (χ1n) is 16.2. The number of carbonyl (C=O) groups is 1. The lowest BCUT2D eigenvalue weighted by molar-refractivity contribution is -0.178. The smallest absolute Gasteiger partial charge is 0.225 e. The highest BCUT2D eigenvalue weighted by atomic mass is 28.4. The van der Waals surface area contributed by atoms with Gasteiger partial charge in [0, 0.05) is 24.4 Å². The number of ether oxygens (including phenoxy) is 3. The Kier molecular flexibility index (Phi) is 11.9. The second-order valence-electron chi connectivity index (χ2n) is 14.5. The first-order chi connectivity index (χ1) is 19.6. The average Bonchev–Trinajstić information content (AvgIpc) is 2.92. The van der Waals surface area contributed by atoms with E-state index in [0.29, 0.717) is 19.1 Å². The van der Waals surface area contributed by atoms with Gasteiger partial charge in [0.1, 0.15) is 5.75 Å². The number of hydrogen-bond donors (Lipinski definition) is 1. The number of rotatable bonds is 13. The Bertz CT molecular complexity index is 1050. The van der Waals surface area contributed by atoms with Gasteiger partial charge in [-0.2, -0.15) is 0 Å². The van der Waals surface area contributed by atoms with Crippen molar-refractivity contribution in [1.29, 1.82) is 0 Å². The summed E-state index contributed by atoms with van der Waals surface area (Å²) < 4.78 is 25.4. The third-order valence-corrected chi connectivity index (χ3v) is 14.8. The molecule has 1 spiro atoms. The van der Waals surface area contributed by atoms with E-state index in [-0.39, 0.29) is 40.9 Å². The monoisotopic (exact) mass is 601 g/mol. The van der Waals surface area contributed by atoms with Crippen molar-refractivity contribution < 1.29 is 23.4 Å². The van der Waals surface area contributed by atoms with Gasteiger partial charge in [-0.25, -0.2) is 0 Å². The number of methoxy groups -OCH3 is 1. The van der Waals surface area contributed by atoms with Crippen LogP contribution < -0.4 is 10.1 Å². The molecule has 3 rings (SSSR count). The van der Waals surface area contributed by atoms with Gasteiger partial charge in [-0.1, -0.05) is 66.7 Å². The lowest BCUT2D eigenvalue weighted by Gasteiger charge is -2.51. The SMILES string of the molecule is CC[C@H]1C[C@H](C)[C@@]2(NC1=O)O[C@@H](C[C@H](O[Si](C)(C)C(C)(C)C)[C@@H](C)CCCOCc1ccc(OC)cc1)[C@H](C)C=C2C. The molecule has 0 bridgehead atoms. The second kappa shape index (κ2) is 14.4. The number of carbonyl (C=O) groups excluding carboxylic acids is 1. The van der Waals surface area contributed by atoms with E-state index in [1.807, 2.05) is 12.1 Å². The minimum absolute atomic E-state index is 0.0295. The van der Waals surface area contributed by atoms with Crippen LogP contribution in [0, 0.1) is 23.7 Å². The Morgan fingerprint density at radius 2 is 1.83 bits per heavy atom. The van der Waals surface area contributed by atoms with Gasteiger partial charge < -0.3 is 24.0 Å². The Hall–Kier alpha value is -1.67. The summed E-state index contributed by atoms with van der Waals surface area (Å²) in [5.74, 6) is 1.85. The molecule has 1 fully saturated rings. The van der Waals surface area contributed by atoms with Crippen molar-refractivity contribution in [2.24, 2.45) is 23.7 Å². The molecule has 1 amide bonds. The molecule has 42 heavy (non-hydrogen) atoms. The summed E-state index contributed by atoms with van der Waals surface area (Å²) in [7, 11) is -0.344. The fourth-order valence-corrected chi connectivity index (χ4v) is 7.65. The van der Waals surface area contributed by atoms with Crippen molar-refractivity contribution in [3.05, 3.63) is 41.5 Å². The topological polar surface area (TPSA) is 66.0 Å². The van der Waals surface area contributed by atoms with E-state index in [1.54, 1.807) is 7.11 Å². The molecular formula is C35H59NO5Si. The van der Waals surface area contributed by atoms with Crippen molar-refractivity contribution in [1.82, 2.24) is 5.32 Å². The van der Waals surface area contributed by atoms with Gasteiger partial charge in [0.15, 0.2) is 14.0 Å². The molecule has 1 aromatic carbocycles. The normalized spacial score (nSPS) is 28.3. The van der Waals surface area contributed by atoms with Crippen molar-refractivity contribution >= 4 is 14.2 Å². The van der Waals surface area contributed by atoms with E-state index in [4.69, 9.17) is 18.6 Å². The van der Waals surface area contributed by atoms with Crippen LogP contribution in [0.2, 0.25) is 18.1 Å². The summed E-state index contributed by atoms with van der Waals surface area (Å²) in [6.07, 6.45) is 6.90. The van der Waals surface area contributed by atoms with Gasteiger partial charge in [0.2, 0.25) is 5.91 Å². The molecule has 238 valence electrons. The maximum Gasteiger partial charge on any atom is 0.225 e. The van der Waals surface area contributed by atoms with Gasteiger partial charge in [-0.3, -0.25) is 4.79 Å². The minimum atomic E-state index is -2.03. The van der Waals surface area contributed by atoms with Crippen LogP contribution in [0.3, 0.4) is 0 Å². The van der Waals surface area contributed by atoms with Gasteiger partial charge in [-0.05, 0) is 86.3 Å². The van der Waals surface area contributed by atoms with E-state index in [1.165, 1.54) is 0 Å². The van der Waals surface area contributed by atoms with E-state index < -0.39 is 14.0 Å². The Morgan fingerprint density at radius 1 is 1.17 bits per heavy atom. The van der Waals surface area contributed by atoms with Gasteiger partial charge in [0.25, 0.3) is 0 Å². The van der Waals surface area contributed by atoms with Gasteiger partial charge in [-0.15, -0.1) is 0 Å². The average molecular weight is 602 g/mol. The summed E-state index contributed by atoms with van der Waals surface area (Å²) in [5, 5.41) is 3.46. The molecule has 2 aliphatic rings. The molecule has 6 nitrogen and oxygen atoms in total. The Balaban J connectivity index is 1.69. The van der Waals surface area contributed by atoms with Gasteiger partial charge in [0.05, 0.1) is 25.9 Å². The maximum atomic E-state index is 13.0. The van der Waals surface area contributed by atoms with Crippen LogP contribution in [0.25, 0.3) is 0 Å². The first-order valence-corrected chi connectivity index (χ1v) is 19.1.